The number of aromatic nitrogens is 1. The van der Waals surface area contributed by atoms with Gasteiger partial charge in [0.05, 0.1) is 11.0 Å². The first-order valence-corrected chi connectivity index (χ1v) is 13.6. The van der Waals surface area contributed by atoms with Crippen molar-refractivity contribution in [1.82, 2.24) is 4.57 Å². The fraction of sp³-hybridized carbons (Fsp3) is 0.189. The zero-order valence-electron chi connectivity index (χ0n) is 22.8. The second-order valence-electron chi connectivity index (χ2n) is 11.8. The van der Waals surface area contributed by atoms with E-state index in [2.05, 4.69) is 148 Å². The van der Waals surface area contributed by atoms with E-state index < -0.39 is 0 Å². The summed E-state index contributed by atoms with van der Waals surface area (Å²) in [5, 5.41) is 2.59. The van der Waals surface area contributed by atoms with Gasteiger partial charge in [-0.25, -0.2) is 0 Å². The van der Waals surface area contributed by atoms with E-state index in [1.165, 1.54) is 66.4 Å². The maximum atomic E-state index is 2.45. The standard InChI is InChI=1S/C37H33N/c1-24-14-20-28-29-21-15-25(2)23-33(29)37(5,36(3,4)32(28)22-24)26-16-18-27(19-17-26)38-34-12-8-6-10-30(34)31-11-7-9-13-35(31)38/h6-23H,1-5H3. The van der Waals surface area contributed by atoms with Crippen LogP contribution in [0.3, 0.4) is 0 Å². The first-order valence-electron chi connectivity index (χ1n) is 13.6. The fourth-order valence-corrected chi connectivity index (χ4v) is 6.98. The molecule has 0 aliphatic heterocycles. The molecule has 1 unspecified atom stereocenters. The van der Waals surface area contributed by atoms with Crippen molar-refractivity contribution >= 4 is 21.8 Å². The SMILES string of the molecule is Cc1ccc2c(c1)C(C)(C)C(C)(c1ccc(-n3c4ccccc4c4ccccc43)cc1)c1cc(C)ccc1-2. The highest BCUT2D eigenvalue weighted by atomic mass is 15.0. The Morgan fingerprint density at radius 1 is 0.526 bits per heavy atom. The molecule has 1 aromatic heterocycles. The molecule has 7 rings (SSSR count). The molecular weight excluding hydrogens is 458 g/mol. The highest BCUT2D eigenvalue weighted by Crippen LogP contribution is 2.57. The quantitative estimate of drug-likeness (QED) is 0.227. The lowest BCUT2D eigenvalue weighted by Crippen LogP contribution is -2.46. The van der Waals surface area contributed by atoms with Gasteiger partial charge in [0, 0.05) is 27.3 Å². The van der Waals surface area contributed by atoms with Crippen molar-refractivity contribution in [2.75, 3.05) is 0 Å². The minimum atomic E-state index is -0.186. The molecule has 1 aliphatic rings. The molecule has 1 heteroatoms. The molecule has 0 saturated carbocycles. The normalized spacial score (nSPS) is 17.9. The van der Waals surface area contributed by atoms with Crippen molar-refractivity contribution in [3.8, 4) is 16.8 Å². The summed E-state index contributed by atoms with van der Waals surface area (Å²) in [6.45, 7) is 11.7. The van der Waals surface area contributed by atoms with Gasteiger partial charge in [0.2, 0.25) is 0 Å². The first kappa shape index (κ1) is 23.0. The molecule has 1 aliphatic carbocycles. The summed E-state index contributed by atoms with van der Waals surface area (Å²) >= 11 is 0. The van der Waals surface area contributed by atoms with E-state index in [1.807, 2.05) is 0 Å². The van der Waals surface area contributed by atoms with Gasteiger partial charge in [-0.15, -0.1) is 0 Å². The minimum Gasteiger partial charge on any atom is -0.309 e. The Morgan fingerprint density at radius 2 is 1.03 bits per heavy atom. The van der Waals surface area contributed by atoms with Crippen LogP contribution >= 0.6 is 0 Å². The van der Waals surface area contributed by atoms with Crippen LogP contribution in [0, 0.1) is 13.8 Å². The van der Waals surface area contributed by atoms with Gasteiger partial charge in [0.25, 0.3) is 0 Å². The smallest absolute Gasteiger partial charge is 0.0541 e. The Morgan fingerprint density at radius 3 is 1.61 bits per heavy atom. The van der Waals surface area contributed by atoms with Crippen molar-refractivity contribution in [3.05, 3.63) is 137 Å². The number of benzene rings is 5. The number of hydrogen-bond acceptors (Lipinski definition) is 0. The van der Waals surface area contributed by atoms with Gasteiger partial charge >= 0.3 is 0 Å². The van der Waals surface area contributed by atoms with Crippen molar-refractivity contribution in [3.63, 3.8) is 0 Å². The number of nitrogens with zero attached hydrogens (tertiary/aromatic N) is 1. The van der Waals surface area contributed by atoms with E-state index in [9.17, 15) is 0 Å². The van der Waals surface area contributed by atoms with Gasteiger partial charge in [-0.2, -0.15) is 0 Å². The number of rotatable bonds is 2. The number of fused-ring (bicyclic) bond motifs is 6. The maximum Gasteiger partial charge on any atom is 0.0541 e. The van der Waals surface area contributed by atoms with Gasteiger partial charge in [-0.05, 0) is 65.9 Å². The highest BCUT2D eigenvalue weighted by Gasteiger charge is 2.50. The molecule has 0 spiro atoms. The third-order valence-corrected chi connectivity index (χ3v) is 9.39. The van der Waals surface area contributed by atoms with Gasteiger partial charge in [-0.1, -0.05) is 117 Å². The number of hydrogen-bond donors (Lipinski definition) is 0. The Labute approximate surface area is 225 Å². The predicted molar refractivity (Wildman–Crippen MR) is 162 cm³/mol. The molecule has 38 heavy (non-hydrogen) atoms. The fourth-order valence-electron chi connectivity index (χ4n) is 6.98. The Kier molecular flexibility index (Phi) is 4.82. The topological polar surface area (TPSA) is 4.93 Å². The molecule has 6 aromatic rings. The zero-order chi connectivity index (χ0) is 26.2. The van der Waals surface area contributed by atoms with Gasteiger partial charge in [0.1, 0.15) is 0 Å². The summed E-state index contributed by atoms with van der Waals surface area (Å²) in [5.74, 6) is 0. The zero-order valence-corrected chi connectivity index (χ0v) is 22.8. The second-order valence-corrected chi connectivity index (χ2v) is 11.8. The molecule has 186 valence electrons. The van der Waals surface area contributed by atoms with Crippen LogP contribution in [-0.4, -0.2) is 4.57 Å². The summed E-state index contributed by atoms with van der Waals surface area (Å²) < 4.78 is 2.40. The van der Waals surface area contributed by atoms with E-state index in [0.29, 0.717) is 0 Å². The summed E-state index contributed by atoms with van der Waals surface area (Å²) in [4.78, 5) is 0. The molecule has 0 radical (unpaired) electrons. The van der Waals surface area contributed by atoms with E-state index >= 15 is 0 Å². The van der Waals surface area contributed by atoms with Crippen LogP contribution in [-0.2, 0) is 10.8 Å². The van der Waals surface area contributed by atoms with Crippen molar-refractivity contribution in [2.24, 2.45) is 0 Å². The van der Waals surface area contributed by atoms with E-state index in [4.69, 9.17) is 0 Å². The maximum absolute atomic E-state index is 2.45. The molecular formula is C37H33N. The Hall–Kier alpha value is -4.10. The Bertz CT molecular complexity index is 1810. The van der Waals surface area contributed by atoms with Crippen LogP contribution < -0.4 is 0 Å². The summed E-state index contributed by atoms with van der Waals surface area (Å²) in [7, 11) is 0. The van der Waals surface area contributed by atoms with E-state index in [1.54, 1.807) is 0 Å². The molecule has 0 amide bonds. The van der Waals surface area contributed by atoms with Crippen LogP contribution in [0.2, 0.25) is 0 Å². The van der Waals surface area contributed by atoms with Crippen molar-refractivity contribution in [2.45, 2.75) is 45.4 Å². The average Bonchev–Trinajstić information content (AvgIpc) is 3.26. The molecule has 0 fully saturated rings. The lowest BCUT2D eigenvalue weighted by molar-refractivity contribution is 0.326. The van der Waals surface area contributed by atoms with Gasteiger partial charge in [-0.3, -0.25) is 0 Å². The summed E-state index contributed by atoms with van der Waals surface area (Å²) in [5.41, 5.74) is 13.0. The van der Waals surface area contributed by atoms with E-state index in [-0.39, 0.29) is 10.8 Å². The predicted octanol–water partition coefficient (Wildman–Crippen LogP) is 9.66. The molecule has 1 nitrogen and oxygen atoms in total. The first-order chi connectivity index (χ1) is 18.3. The highest BCUT2D eigenvalue weighted by molar-refractivity contribution is 6.09. The molecule has 1 atom stereocenters. The monoisotopic (exact) mass is 491 g/mol. The third kappa shape index (κ3) is 2.99. The molecule has 5 aromatic carbocycles. The van der Waals surface area contributed by atoms with E-state index in [0.717, 1.165) is 0 Å². The van der Waals surface area contributed by atoms with Crippen LogP contribution in [0.4, 0.5) is 0 Å². The third-order valence-electron chi connectivity index (χ3n) is 9.39. The molecule has 0 N–H and O–H groups in total. The number of aryl methyl sites for hydroxylation is 2. The summed E-state index contributed by atoms with van der Waals surface area (Å²) in [6.07, 6.45) is 0. The van der Waals surface area contributed by atoms with Gasteiger partial charge < -0.3 is 4.57 Å². The van der Waals surface area contributed by atoms with Gasteiger partial charge in [0.15, 0.2) is 0 Å². The van der Waals surface area contributed by atoms with Crippen LogP contribution in [0.1, 0.15) is 48.6 Å². The lowest BCUT2D eigenvalue weighted by atomic mass is 9.52. The molecule has 0 bridgehead atoms. The van der Waals surface area contributed by atoms with Crippen molar-refractivity contribution in [1.29, 1.82) is 0 Å². The molecule has 1 heterocycles. The van der Waals surface area contributed by atoms with Crippen LogP contribution in [0.25, 0.3) is 38.6 Å². The van der Waals surface area contributed by atoms with Crippen molar-refractivity contribution < 1.29 is 0 Å². The Balaban J connectivity index is 1.45. The summed E-state index contributed by atoms with van der Waals surface area (Å²) in [6, 6.07) is 40.8. The number of para-hydroxylation sites is 2. The lowest BCUT2D eigenvalue weighted by Gasteiger charge is -2.51. The van der Waals surface area contributed by atoms with Crippen LogP contribution in [0.5, 0.6) is 0 Å². The second kappa shape index (κ2) is 7.95. The largest absolute Gasteiger partial charge is 0.309 e. The molecule has 0 saturated heterocycles. The average molecular weight is 492 g/mol. The van der Waals surface area contributed by atoms with Crippen LogP contribution in [0.15, 0.2) is 109 Å². The minimum absolute atomic E-state index is 0.0937.